The maximum atomic E-state index is 13.2. The van der Waals surface area contributed by atoms with Crippen LogP contribution >= 0.6 is 82.8 Å². The van der Waals surface area contributed by atoms with Gasteiger partial charge in [0.1, 0.15) is 5.60 Å². The minimum atomic E-state index is -0.594. The Labute approximate surface area is 311 Å². The van der Waals surface area contributed by atoms with E-state index in [2.05, 4.69) is 12.2 Å². The first-order valence-corrected chi connectivity index (χ1v) is 16.4. The van der Waals surface area contributed by atoms with Crippen LogP contribution in [0.5, 0.6) is 0 Å². The number of amides is 1. The van der Waals surface area contributed by atoms with Crippen molar-refractivity contribution < 1.29 is 19.1 Å². The smallest absolute Gasteiger partial charge is 0.410 e. The van der Waals surface area contributed by atoms with E-state index in [1.807, 2.05) is 27.7 Å². The van der Waals surface area contributed by atoms with Crippen LogP contribution in [-0.4, -0.2) is 54.3 Å². The van der Waals surface area contributed by atoms with Gasteiger partial charge in [0, 0.05) is 36.2 Å². The van der Waals surface area contributed by atoms with Gasteiger partial charge in [-0.25, -0.2) is 4.79 Å². The van der Waals surface area contributed by atoms with Gasteiger partial charge in [0.15, 0.2) is 11.6 Å². The standard InChI is InChI=1S/C19H25Cl2NO3.C14H17Cl2NO.ClH.HI/c1-5-8-19(16(23)13-6-7-14(20)15(21)11-13)9-10-22(12-19)17(24)25-18(2,3)4;1-2-5-14(6-7-17-9-14)13(18)10-3-4-11(15)12(16)8-10;;/h6-7,11H,5,8-10,12H2,1-4H3;3-4,8,17H,2,5-7,9H2,1H3;2*1H/t19-;14-;;/m00../s1. The molecule has 0 radical (unpaired) electrons. The number of likely N-dealkylation sites (tertiary alicyclic amines) is 1. The average molecular weight is 837 g/mol. The first-order chi connectivity index (χ1) is 20.2. The Morgan fingerprint density at radius 2 is 1.31 bits per heavy atom. The molecule has 2 aromatic carbocycles. The van der Waals surface area contributed by atoms with Crippen LogP contribution in [0, 0.1) is 10.8 Å². The average Bonchev–Trinajstić information content (AvgIpc) is 3.60. The van der Waals surface area contributed by atoms with E-state index >= 15 is 0 Å². The molecule has 1 N–H and O–H groups in total. The normalized spacial score (nSPS) is 20.8. The number of nitrogens with zero attached hydrogens (tertiary/aromatic N) is 1. The van der Waals surface area contributed by atoms with Crippen LogP contribution in [0.15, 0.2) is 36.4 Å². The van der Waals surface area contributed by atoms with Gasteiger partial charge in [-0.3, -0.25) is 9.59 Å². The Morgan fingerprint density at radius 3 is 1.73 bits per heavy atom. The van der Waals surface area contributed by atoms with E-state index < -0.39 is 11.0 Å². The summed E-state index contributed by atoms with van der Waals surface area (Å²) in [6.45, 7) is 12.2. The summed E-state index contributed by atoms with van der Waals surface area (Å²) in [4.78, 5) is 39.9. The van der Waals surface area contributed by atoms with Gasteiger partial charge < -0.3 is 15.0 Å². The first kappa shape index (κ1) is 42.2. The largest absolute Gasteiger partial charge is 0.444 e. The van der Waals surface area contributed by atoms with E-state index in [1.165, 1.54) is 0 Å². The van der Waals surface area contributed by atoms with E-state index in [1.54, 1.807) is 41.3 Å². The summed E-state index contributed by atoms with van der Waals surface area (Å²) in [7, 11) is 0. The number of rotatable bonds is 8. The Balaban J connectivity index is 0.000000451. The fourth-order valence-corrected chi connectivity index (χ4v) is 6.56. The lowest BCUT2D eigenvalue weighted by Gasteiger charge is -2.29. The minimum Gasteiger partial charge on any atom is -0.444 e. The van der Waals surface area contributed by atoms with Crippen molar-refractivity contribution >= 4 is 100 Å². The number of ether oxygens (including phenoxy) is 1. The van der Waals surface area contributed by atoms with Gasteiger partial charge >= 0.3 is 6.09 Å². The second-order valence-corrected chi connectivity index (χ2v) is 14.2. The number of Topliss-reactive ketones (excluding diaryl/α,β-unsaturated/α-hetero) is 2. The Bertz CT molecular complexity index is 1330. The topological polar surface area (TPSA) is 75.7 Å². The molecule has 2 aromatic rings. The highest BCUT2D eigenvalue weighted by molar-refractivity contribution is 14.0. The third-order valence-corrected chi connectivity index (χ3v) is 9.51. The molecule has 0 spiro atoms. The summed E-state index contributed by atoms with van der Waals surface area (Å²) in [6.07, 6.45) is 4.65. The second kappa shape index (κ2) is 18.1. The van der Waals surface area contributed by atoms with Crippen molar-refractivity contribution in [3.63, 3.8) is 0 Å². The summed E-state index contributed by atoms with van der Waals surface area (Å²) in [5.41, 5.74) is -0.203. The molecule has 4 rings (SSSR count). The number of halogens is 6. The van der Waals surface area contributed by atoms with Crippen LogP contribution in [0.1, 0.15) is 93.9 Å². The molecule has 2 aliphatic rings. The summed E-state index contributed by atoms with van der Waals surface area (Å²) in [6, 6.07) is 10.1. The molecule has 2 saturated heterocycles. The van der Waals surface area contributed by atoms with Crippen molar-refractivity contribution in [1.82, 2.24) is 10.2 Å². The van der Waals surface area contributed by atoms with Gasteiger partial charge in [0.2, 0.25) is 0 Å². The number of nitrogens with one attached hydrogen (secondary N) is 1. The van der Waals surface area contributed by atoms with Gasteiger partial charge in [0.05, 0.1) is 25.5 Å². The lowest BCUT2D eigenvalue weighted by atomic mass is 9.76. The van der Waals surface area contributed by atoms with Crippen LogP contribution in [0.2, 0.25) is 20.1 Å². The SMILES string of the molecule is CCC[C@]1(C(=O)c2ccc(Cl)c(Cl)c2)CCN(C(=O)OC(C)(C)C)C1.CCC[C@]1(C(=O)c2ccc(Cl)c(Cl)c2)CCNC1.Cl.I. The predicted octanol–water partition coefficient (Wildman–Crippen LogP) is 10.6. The van der Waals surface area contributed by atoms with Crippen LogP contribution in [0.25, 0.3) is 0 Å². The Hall–Kier alpha value is -0.810. The van der Waals surface area contributed by atoms with Gasteiger partial charge in [-0.05, 0) is 89.4 Å². The zero-order valence-electron chi connectivity index (χ0n) is 26.4. The number of hydrogen-bond acceptors (Lipinski definition) is 5. The molecule has 1 amide bonds. The maximum absolute atomic E-state index is 13.2. The van der Waals surface area contributed by atoms with Gasteiger partial charge in [-0.2, -0.15) is 0 Å². The molecule has 0 bridgehead atoms. The lowest BCUT2D eigenvalue weighted by Crippen LogP contribution is -2.39. The van der Waals surface area contributed by atoms with Crippen LogP contribution in [-0.2, 0) is 4.74 Å². The molecule has 45 heavy (non-hydrogen) atoms. The molecule has 0 unspecified atom stereocenters. The highest BCUT2D eigenvalue weighted by Crippen LogP contribution is 2.40. The molecular weight excluding hydrogens is 793 g/mol. The fourth-order valence-electron chi connectivity index (χ4n) is 5.97. The Morgan fingerprint density at radius 1 is 0.822 bits per heavy atom. The zero-order chi connectivity index (χ0) is 32.0. The molecule has 2 aliphatic heterocycles. The van der Waals surface area contributed by atoms with Crippen LogP contribution in [0.4, 0.5) is 4.79 Å². The van der Waals surface area contributed by atoms with E-state index in [0.29, 0.717) is 57.1 Å². The molecule has 6 nitrogen and oxygen atoms in total. The fraction of sp³-hybridized carbons (Fsp3) is 0.545. The number of hydrogen-bond donors (Lipinski definition) is 1. The van der Waals surface area contributed by atoms with E-state index in [4.69, 9.17) is 51.1 Å². The summed E-state index contributed by atoms with van der Waals surface area (Å²) in [5, 5.41) is 5.01. The number of benzene rings is 2. The van der Waals surface area contributed by atoms with Crippen molar-refractivity contribution in [1.29, 1.82) is 0 Å². The molecule has 2 fully saturated rings. The molecular formula is C33H44Cl5IN2O4. The predicted molar refractivity (Wildman–Crippen MR) is 199 cm³/mol. The minimum absolute atomic E-state index is 0. The summed E-state index contributed by atoms with van der Waals surface area (Å²) < 4.78 is 5.45. The zero-order valence-corrected chi connectivity index (χ0v) is 32.6. The van der Waals surface area contributed by atoms with E-state index in [0.717, 1.165) is 38.8 Å². The number of carbonyl (C=O) groups is 3. The van der Waals surface area contributed by atoms with Crippen molar-refractivity contribution in [2.24, 2.45) is 10.8 Å². The van der Waals surface area contributed by atoms with Crippen molar-refractivity contribution in [3.05, 3.63) is 67.6 Å². The molecule has 2 heterocycles. The van der Waals surface area contributed by atoms with E-state index in [-0.39, 0.29) is 59.5 Å². The molecule has 2 atom stereocenters. The number of carbonyl (C=O) groups excluding carboxylic acids is 3. The van der Waals surface area contributed by atoms with Crippen molar-refractivity contribution in [2.45, 2.75) is 78.7 Å². The highest BCUT2D eigenvalue weighted by atomic mass is 127. The molecule has 0 aromatic heterocycles. The highest BCUT2D eigenvalue weighted by Gasteiger charge is 2.46. The van der Waals surface area contributed by atoms with Crippen molar-refractivity contribution in [2.75, 3.05) is 26.2 Å². The van der Waals surface area contributed by atoms with Crippen LogP contribution in [0.3, 0.4) is 0 Å². The summed E-state index contributed by atoms with van der Waals surface area (Å²) >= 11 is 23.9. The third kappa shape index (κ3) is 10.8. The van der Waals surface area contributed by atoms with Gasteiger partial charge in [-0.1, -0.05) is 73.1 Å². The quantitative estimate of drug-likeness (QED) is 0.212. The molecule has 0 aliphatic carbocycles. The van der Waals surface area contributed by atoms with E-state index in [9.17, 15) is 14.4 Å². The second-order valence-electron chi connectivity index (χ2n) is 12.6. The van der Waals surface area contributed by atoms with Gasteiger partial charge in [0.25, 0.3) is 0 Å². The Kier molecular flexibility index (Phi) is 17.0. The number of ketones is 2. The maximum Gasteiger partial charge on any atom is 0.410 e. The van der Waals surface area contributed by atoms with Gasteiger partial charge in [-0.15, -0.1) is 36.4 Å². The van der Waals surface area contributed by atoms with Crippen molar-refractivity contribution in [3.8, 4) is 0 Å². The monoisotopic (exact) mass is 834 g/mol. The molecule has 252 valence electrons. The first-order valence-electron chi connectivity index (χ1n) is 14.9. The molecule has 12 heteroatoms. The third-order valence-electron chi connectivity index (χ3n) is 8.03. The molecule has 0 saturated carbocycles. The van der Waals surface area contributed by atoms with Crippen LogP contribution < -0.4 is 5.32 Å². The lowest BCUT2D eigenvalue weighted by molar-refractivity contribution is 0.0272. The summed E-state index contributed by atoms with van der Waals surface area (Å²) in [5.74, 6) is 0.201.